The van der Waals surface area contributed by atoms with Crippen molar-refractivity contribution in [3.05, 3.63) is 81.3 Å². The van der Waals surface area contributed by atoms with Crippen LogP contribution in [-0.2, 0) is 17.9 Å². The van der Waals surface area contributed by atoms with Gasteiger partial charge in [-0.2, -0.15) is 0 Å². The van der Waals surface area contributed by atoms with E-state index in [9.17, 15) is 4.79 Å². The second-order valence-electron chi connectivity index (χ2n) is 6.35. The number of carbonyl (C=O) groups is 1. The van der Waals surface area contributed by atoms with Crippen molar-refractivity contribution < 1.29 is 9.53 Å². The third-order valence-electron chi connectivity index (χ3n) is 4.09. The molecule has 0 aliphatic rings. The van der Waals surface area contributed by atoms with Gasteiger partial charge < -0.3 is 10.1 Å². The van der Waals surface area contributed by atoms with E-state index in [0.29, 0.717) is 13.2 Å². The Hall–Kier alpha value is -3.03. The summed E-state index contributed by atoms with van der Waals surface area (Å²) < 4.78 is 6.91. The average molecular weight is 422 g/mol. The Balaban J connectivity index is 1.31. The highest BCUT2D eigenvalue weighted by Gasteiger charge is 2.04. The number of ether oxygens (including phenoxy) is 1. The third-order valence-corrected chi connectivity index (χ3v) is 5.95. The monoisotopic (exact) mass is 421 g/mol. The van der Waals surface area contributed by atoms with Crippen LogP contribution in [-0.4, -0.2) is 15.9 Å². The minimum atomic E-state index is -0.159. The van der Waals surface area contributed by atoms with Crippen molar-refractivity contribution in [2.45, 2.75) is 20.1 Å². The second-order valence-corrected chi connectivity index (χ2v) is 8.52. The first-order valence-corrected chi connectivity index (χ1v) is 10.8. The highest BCUT2D eigenvalue weighted by Crippen LogP contribution is 2.21. The molecule has 0 bridgehead atoms. The van der Waals surface area contributed by atoms with Crippen LogP contribution in [0, 0.1) is 6.92 Å². The Morgan fingerprint density at radius 3 is 2.90 bits per heavy atom. The maximum absolute atomic E-state index is 12.1. The largest absolute Gasteiger partial charge is 0.487 e. The van der Waals surface area contributed by atoms with Crippen LogP contribution in [0.3, 0.4) is 0 Å². The first kappa shape index (κ1) is 19.3. The molecule has 0 radical (unpaired) electrons. The van der Waals surface area contributed by atoms with Gasteiger partial charge in [-0.3, -0.25) is 4.79 Å². The van der Waals surface area contributed by atoms with Crippen LogP contribution in [0.15, 0.2) is 60.0 Å². The van der Waals surface area contributed by atoms with Crippen LogP contribution in [0.5, 0.6) is 5.75 Å². The number of para-hydroxylation sites is 1. The van der Waals surface area contributed by atoms with Crippen LogP contribution < -0.4 is 10.1 Å². The van der Waals surface area contributed by atoms with E-state index in [-0.39, 0.29) is 5.91 Å². The Morgan fingerprint density at radius 2 is 2.07 bits per heavy atom. The van der Waals surface area contributed by atoms with Gasteiger partial charge in [0.2, 0.25) is 5.91 Å². The minimum absolute atomic E-state index is 0.159. The lowest BCUT2D eigenvalue weighted by molar-refractivity contribution is -0.116. The maximum atomic E-state index is 12.1. The summed E-state index contributed by atoms with van der Waals surface area (Å²) in [6.45, 7) is 2.82. The number of hydrogen-bond donors (Lipinski definition) is 1. The molecule has 0 atom stereocenters. The van der Waals surface area contributed by atoms with Crippen molar-refractivity contribution in [3.63, 3.8) is 0 Å². The molecule has 0 unspecified atom stereocenters. The molecule has 2 aromatic heterocycles. The number of fused-ring (bicyclic) bond motifs is 1. The zero-order chi connectivity index (χ0) is 20.1. The van der Waals surface area contributed by atoms with E-state index in [0.717, 1.165) is 37.2 Å². The Bertz CT molecular complexity index is 1130. The molecule has 0 spiro atoms. The van der Waals surface area contributed by atoms with Gasteiger partial charge in [-0.05, 0) is 42.8 Å². The fourth-order valence-electron chi connectivity index (χ4n) is 2.73. The molecule has 146 valence electrons. The van der Waals surface area contributed by atoms with Crippen LogP contribution in [0.4, 0.5) is 0 Å². The molecule has 0 aliphatic heterocycles. The molecular weight excluding hydrogens is 402 g/mol. The van der Waals surface area contributed by atoms with Gasteiger partial charge in [-0.25, -0.2) is 9.97 Å². The van der Waals surface area contributed by atoms with Crippen molar-refractivity contribution in [1.29, 1.82) is 0 Å². The van der Waals surface area contributed by atoms with Gasteiger partial charge in [0.15, 0.2) is 0 Å². The van der Waals surface area contributed by atoms with E-state index in [4.69, 9.17) is 4.74 Å². The highest BCUT2D eigenvalue weighted by atomic mass is 32.1. The number of thiazole rings is 2. The van der Waals surface area contributed by atoms with Gasteiger partial charge in [-0.1, -0.05) is 24.3 Å². The van der Waals surface area contributed by atoms with Gasteiger partial charge in [-0.15, -0.1) is 22.7 Å². The molecule has 7 heteroatoms. The van der Waals surface area contributed by atoms with E-state index in [1.165, 1.54) is 6.08 Å². The number of benzene rings is 2. The van der Waals surface area contributed by atoms with E-state index in [2.05, 4.69) is 15.3 Å². The molecule has 2 aromatic carbocycles. The van der Waals surface area contributed by atoms with E-state index < -0.39 is 0 Å². The SMILES string of the molecule is Cc1nc(COc2cccc(/C=C/C(=O)NCc3nc4ccccc4s3)c2)cs1. The summed E-state index contributed by atoms with van der Waals surface area (Å²) in [4.78, 5) is 21.1. The summed E-state index contributed by atoms with van der Waals surface area (Å²) in [5.41, 5.74) is 2.77. The number of aryl methyl sites for hydroxylation is 1. The van der Waals surface area contributed by atoms with Gasteiger partial charge >= 0.3 is 0 Å². The fraction of sp³-hybridized carbons (Fsp3) is 0.136. The van der Waals surface area contributed by atoms with Crippen LogP contribution in [0.2, 0.25) is 0 Å². The van der Waals surface area contributed by atoms with Crippen LogP contribution in [0.1, 0.15) is 21.3 Å². The van der Waals surface area contributed by atoms with Crippen molar-refractivity contribution in [3.8, 4) is 5.75 Å². The summed E-state index contributed by atoms with van der Waals surface area (Å²) in [6, 6.07) is 15.6. The molecule has 0 saturated carbocycles. The fourth-order valence-corrected chi connectivity index (χ4v) is 4.23. The summed E-state index contributed by atoms with van der Waals surface area (Å²) in [5, 5.41) is 6.79. The van der Waals surface area contributed by atoms with Gasteiger partial charge in [0, 0.05) is 11.5 Å². The molecule has 4 aromatic rings. The molecule has 1 amide bonds. The number of nitrogens with one attached hydrogen (secondary N) is 1. The van der Waals surface area contributed by atoms with E-state index in [1.54, 1.807) is 28.7 Å². The predicted octanol–water partition coefficient (Wildman–Crippen LogP) is 4.97. The van der Waals surface area contributed by atoms with Crippen molar-refractivity contribution >= 4 is 44.9 Å². The van der Waals surface area contributed by atoms with E-state index in [1.807, 2.05) is 60.8 Å². The number of carbonyl (C=O) groups excluding carboxylic acids is 1. The summed E-state index contributed by atoms with van der Waals surface area (Å²) in [5.74, 6) is 0.584. The van der Waals surface area contributed by atoms with Gasteiger partial charge in [0.05, 0.1) is 27.5 Å². The van der Waals surface area contributed by atoms with Gasteiger partial charge in [0.25, 0.3) is 0 Å². The molecular formula is C22H19N3O2S2. The number of hydrogen-bond acceptors (Lipinski definition) is 6. The second kappa shape index (κ2) is 8.98. The van der Waals surface area contributed by atoms with Crippen molar-refractivity contribution in [2.24, 2.45) is 0 Å². The molecule has 5 nitrogen and oxygen atoms in total. The summed E-state index contributed by atoms with van der Waals surface area (Å²) in [6.07, 6.45) is 3.30. The first-order chi connectivity index (χ1) is 14.2. The molecule has 2 heterocycles. The number of rotatable bonds is 7. The lowest BCUT2D eigenvalue weighted by Crippen LogP contribution is -2.19. The Morgan fingerprint density at radius 1 is 1.17 bits per heavy atom. The van der Waals surface area contributed by atoms with Crippen molar-refractivity contribution in [1.82, 2.24) is 15.3 Å². The van der Waals surface area contributed by atoms with Crippen molar-refractivity contribution in [2.75, 3.05) is 0 Å². The summed E-state index contributed by atoms with van der Waals surface area (Å²) in [7, 11) is 0. The lowest BCUT2D eigenvalue weighted by Gasteiger charge is -2.05. The molecule has 1 N–H and O–H groups in total. The highest BCUT2D eigenvalue weighted by molar-refractivity contribution is 7.18. The summed E-state index contributed by atoms with van der Waals surface area (Å²) >= 11 is 3.20. The number of nitrogens with zero attached hydrogens (tertiary/aromatic N) is 2. The van der Waals surface area contributed by atoms with E-state index >= 15 is 0 Å². The van der Waals surface area contributed by atoms with Crippen LogP contribution >= 0.6 is 22.7 Å². The molecule has 29 heavy (non-hydrogen) atoms. The average Bonchev–Trinajstić information content (AvgIpc) is 3.35. The lowest BCUT2D eigenvalue weighted by atomic mass is 10.2. The molecule has 0 fully saturated rings. The zero-order valence-electron chi connectivity index (χ0n) is 15.8. The Labute approximate surface area is 176 Å². The molecule has 4 rings (SSSR count). The van der Waals surface area contributed by atoms with Gasteiger partial charge in [0.1, 0.15) is 17.4 Å². The maximum Gasteiger partial charge on any atom is 0.244 e. The topological polar surface area (TPSA) is 64.1 Å². The molecule has 0 aliphatic carbocycles. The normalized spacial score (nSPS) is 11.2. The first-order valence-electron chi connectivity index (χ1n) is 9.10. The quantitative estimate of drug-likeness (QED) is 0.428. The number of aromatic nitrogens is 2. The smallest absolute Gasteiger partial charge is 0.244 e. The third kappa shape index (κ3) is 5.28. The predicted molar refractivity (Wildman–Crippen MR) is 118 cm³/mol. The number of amides is 1. The zero-order valence-corrected chi connectivity index (χ0v) is 17.4. The minimum Gasteiger partial charge on any atom is -0.487 e. The Kier molecular flexibility index (Phi) is 5.97. The van der Waals surface area contributed by atoms with Crippen LogP contribution in [0.25, 0.3) is 16.3 Å². The standard InChI is InChI=1S/C22H19N3O2S2/c1-15-24-17(14-28-15)13-27-18-6-4-5-16(11-18)9-10-21(26)23-12-22-25-19-7-2-3-8-20(19)29-22/h2-11,14H,12-13H2,1H3,(H,23,26)/b10-9+. The molecule has 0 saturated heterocycles.